The summed E-state index contributed by atoms with van der Waals surface area (Å²) in [5.74, 6) is -2.06. The molecule has 27 heavy (non-hydrogen) atoms. The Bertz CT molecular complexity index is 947. The molecule has 0 aliphatic rings. The van der Waals surface area contributed by atoms with Crippen molar-refractivity contribution in [3.63, 3.8) is 0 Å². The lowest BCUT2D eigenvalue weighted by molar-refractivity contribution is -0.385. The third kappa shape index (κ3) is 3.79. The number of aromatic nitrogens is 2. The molecule has 0 aliphatic carbocycles. The molecule has 0 spiro atoms. The quantitative estimate of drug-likeness (QED) is 0.426. The number of carbonyl (C=O) groups is 3. The Kier molecular flexibility index (Phi) is 5.59. The molecule has 2 amide bonds. The van der Waals surface area contributed by atoms with E-state index in [2.05, 4.69) is 10.4 Å². The predicted octanol–water partition coefficient (Wildman–Crippen LogP) is 1.55. The topological polar surface area (TPSA) is 159 Å². The van der Waals surface area contributed by atoms with E-state index < -0.39 is 28.7 Å². The van der Waals surface area contributed by atoms with Gasteiger partial charge in [0.15, 0.2) is 0 Å². The van der Waals surface area contributed by atoms with Crippen LogP contribution in [0.1, 0.15) is 44.3 Å². The fraction of sp³-hybridized carbons (Fsp3) is 0.333. The van der Waals surface area contributed by atoms with Crippen LogP contribution in [0, 0.1) is 24.0 Å². The lowest BCUT2D eigenvalue weighted by Crippen LogP contribution is -2.24. The van der Waals surface area contributed by atoms with Crippen LogP contribution >= 0.6 is 11.3 Å². The first-order valence-electron chi connectivity index (χ1n) is 7.61. The van der Waals surface area contributed by atoms with E-state index in [1.807, 2.05) is 0 Å². The van der Waals surface area contributed by atoms with Crippen molar-refractivity contribution in [2.75, 3.05) is 12.4 Å². The van der Waals surface area contributed by atoms with Gasteiger partial charge >= 0.3 is 11.7 Å². The number of anilines is 1. The van der Waals surface area contributed by atoms with Crippen LogP contribution in [0.5, 0.6) is 0 Å². The van der Waals surface area contributed by atoms with Crippen molar-refractivity contribution < 1.29 is 24.0 Å². The molecule has 0 bridgehead atoms. The van der Waals surface area contributed by atoms with E-state index >= 15 is 0 Å². The molecular formula is C15H17N5O6S. The Morgan fingerprint density at radius 2 is 2.04 bits per heavy atom. The van der Waals surface area contributed by atoms with Gasteiger partial charge < -0.3 is 15.8 Å². The number of hydrogen-bond donors (Lipinski definition) is 2. The number of thiophene rings is 1. The number of hydrogen-bond acceptors (Lipinski definition) is 8. The molecule has 1 unspecified atom stereocenters. The fourth-order valence-corrected chi connectivity index (χ4v) is 3.42. The van der Waals surface area contributed by atoms with Crippen molar-refractivity contribution in [2.45, 2.75) is 26.8 Å². The molecular weight excluding hydrogens is 378 g/mol. The summed E-state index contributed by atoms with van der Waals surface area (Å²) in [5.41, 5.74) is 5.57. The molecule has 1 atom stereocenters. The largest absolute Gasteiger partial charge is 0.465 e. The van der Waals surface area contributed by atoms with E-state index in [0.717, 1.165) is 22.2 Å². The van der Waals surface area contributed by atoms with Crippen molar-refractivity contribution in [2.24, 2.45) is 5.73 Å². The number of amides is 2. The Morgan fingerprint density at radius 1 is 1.41 bits per heavy atom. The number of rotatable bonds is 6. The van der Waals surface area contributed by atoms with Crippen LogP contribution in [0.3, 0.4) is 0 Å². The van der Waals surface area contributed by atoms with Crippen LogP contribution in [0.4, 0.5) is 10.7 Å². The summed E-state index contributed by atoms with van der Waals surface area (Å²) in [6, 6.07) is -0.915. The van der Waals surface area contributed by atoms with Crippen LogP contribution in [-0.4, -0.2) is 39.6 Å². The highest BCUT2D eigenvalue weighted by Crippen LogP contribution is 2.34. The average molecular weight is 395 g/mol. The molecule has 0 fully saturated rings. The first-order chi connectivity index (χ1) is 12.6. The van der Waals surface area contributed by atoms with E-state index in [4.69, 9.17) is 10.5 Å². The number of carbonyl (C=O) groups excluding carboxylic acids is 3. The van der Waals surface area contributed by atoms with Crippen molar-refractivity contribution in [1.82, 2.24) is 9.78 Å². The molecule has 12 heteroatoms. The van der Waals surface area contributed by atoms with Crippen LogP contribution in [0.25, 0.3) is 0 Å². The lowest BCUT2D eigenvalue weighted by atomic mass is 10.1. The van der Waals surface area contributed by atoms with Crippen LogP contribution in [0.2, 0.25) is 0 Å². The van der Waals surface area contributed by atoms with E-state index in [9.17, 15) is 24.5 Å². The highest BCUT2D eigenvalue weighted by molar-refractivity contribution is 7.18. The third-order valence-corrected chi connectivity index (χ3v) is 5.08. The maximum atomic E-state index is 12.6. The molecule has 2 aromatic heterocycles. The summed E-state index contributed by atoms with van der Waals surface area (Å²) < 4.78 is 5.84. The molecule has 2 aromatic rings. The summed E-state index contributed by atoms with van der Waals surface area (Å²) in [6.07, 6.45) is 1.15. The van der Waals surface area contributed by atoms with Crippen LogP contribution in [0.15, 0.2) is 6.20 Å². The molecule has 0 saturated heterocycles. The molecule has 0 aliphatic heterocycles. The van der Waals surface area contributed by atoms with Crippen molar-refractivity contribution in [3.8, 4) is 0 Å². The maximum absolute atomic E-state index is 12.6. The number of nitro groups is 1. The number of primary amides is 1. The number of ether oxygens (including phenoxy) is 1. The Morgan fingerprint density at radius 3 is 2.52 bits per heavy atom. The standard InChI is InChI=1S/C15H17N5O6S/c1-6-10(15(23)26-4)14(27-11(6)12(16)21)17-13(22)8(3)19-5-9(20(24)25)7(2)18-19/h5,8H,1-4H3,(H2,16,21)(H,17,22). The smallest absolute Gasteiger partial charge is 0.341 e. The number of methoxy groups -OCH3 is 1. The number of nitrogens with one attached hydrogen (secondary N) is 1. The predicted molar refractivity (Wildman–Crippen MR) is 95.9 cm³/mol. The van der Waals surface area contributed by atoms with Gasteiger partial charge in [-0.05, 0) is 26.3 Å². The monoisotopic (exact) mass is 395 g/mol. The number of aryl methyl sites for hydroxylation is 1. The second kappa shape index (κ2) is 7.53. The molecule has 11 nitrogen and oxygen atoms in total. The van der Waals surface area contributed by atoms with Crippen LogP contribution < -0.4 is 11.1 Å². The van der Waals surface area contributed by atoms with Gasteiger partial charge in [-0.3, -0.25) is 24.4 Å². The number of esters is 1. The summed E-state index contributed by atoms with van der Waals surface area (Å²) >= 11 is 0.847. The molecule has 2 rings (SSSR count). The second-order valence-electron chi connectivity index (χ2n) is 5.62. The van der Waals surface area contributed by atoms with Gasteiger partial charge in [0.25, 0.3) is 5.91 Å². The van der Waals surface area contributed by atoms with E-state index in [-0.39, 0.29) is 26.8 Å². The Balaban J connectivity index is 2.36. The summed E-state index contributed by atoms with van der Waals surface area (Å²) in [5, 5.41) is 17.5. The first kappa shape index (κ1) is 20.0. The average Bonchev–Trinajstić information content (AvgIpc) is 3.14. The van der Waals surface area contributed by atoms with Gasteiger partial charge in [-0.2, -0.15) is 5.10 Å². The zero-order valence-electron chi connectivity index (χ0n) is 14.9. The van der Waals surface area contributed by atoms with E-state index in [1.54, 1.807) is 0 Å². The summed E-state index contributed by atoms with van der Waals surface area (Å²) in [4.78, 5) is 46.6. The number of nitrogens with zero attached hydrogens (tertiary/aromatic N) is 3. The third-order valence-electron chi connectivity index (χ3n) is 3.86. The van der Waals surface area contributed by atoms with Crippen LogP contribution in [-0.2, 0) is 9.53 Å². The Hall–Kier alpha value is -3.28. The molecule has 0 aromatic carbocycles. The van der Waals surface area contributed by atoms with Gasteiger partial charge in [-0.25, -0.2) is 4.79 Å². The minimum Gasteiger partial charge on any atom is -0.465 e. The van der Waals surface area contributed by atoms with Crippen molar-refractivity contribution >= 4 is 39.8 Å². The first-order valence-corrected chi connectivity index (χ1v) is 8.42. The number of nitrogens with two attached hydrogens (primary N) is 1. The molecule has 2 heterocycles. The highest BCUT2D eigenvalue weighted by Gasteiger charge is 2.28. The maximum Gasteiger partial charge on any atom is 0.341 e. The zero-order chi connectivity index (χ0) is 20.5. The molecule has 144 valence electrons. The van der Waals surface area contributed by atoms with Gasteiger partial charge in [0.2, 0.25) is 5.91 Å². The minimum atomic E-state index is -0.915. The fourth-order valence-electron chi connectivity index (χ4n) is 2.37. The normalized spacial score (nSPS) is 11.7. The summed E-state index contributed by atoms with van der Waals surface area (Å²) in [6.45, 7) is 4.46. The minimum absolute atomic E-state index is 0.0273. The second-order valence-corrected chi connectivity index (χ2v) is 6.64. The van der Waals surface area contributed by atoms with Gasteiger partial charge in [-0.15, -0.1) is 11.3 Å². The molecule has 0 radical (unpaired) electrons. The Labute approximate surface area is 157 Å². The van der Waals surface area contributed by atoms with Gasteiger partial charge in [0.05, 0.1) is 22.5 Å². The zero-order valence-corrected chi connectivity index (χ0v) is 15.7. The van der Waals surface area contributed by atoms with Gasteiger partial charge in [0, 0.05) is 0 Å². The SMILES string of the molecule is COC(=O)c1c(NC(=O)C(C)n2cc([N+](=O)[O-])c(C)n2)sc(C(N)=O)c1C. The van der Waals surface area contributed by atoms with Crippen molar-refractivity contribution in [3.05, 3.63) is 38.0 Å². The molecule has 3 N–H and O–H groups in total. The van der Waals surface area contributed by atoms with E-state index in [1.165, 1.54) is 27.9 Å². The highest BCUT2D eigenvalue weighted by atomic mass is 32.1. The summed E-state index contributed by atoms with van der Waals surface area (Å²) in [7, 11) is 1.17. The van der Waals surface area contributed by atoms with Gasteiger partial charge in [-0.1, -0.05) is 0 Å². The van der Waals surface area contributed by atoms with Crippen molar-refractivity contribution in [1.29, 1.82) is 0 Å². The molecule has 0 saturated carbocycles. The van der Waals surface area contributed by atoms with E-state index in [0.29, 0.717) is 5.56 Å². The van der Waals surface area contributed by atoms with Gasteiger partial charge in [0.1, 0.15) is 22.9 Å². The lowest BCUT2D eigenvalue weighted by Gasteiger charge is -2.12.